The maximum Gasteiger partial charge on any atom is 0.252 e. The van der Waals surface area contributed by atoms with E-state index in [0.717, 1.165) is 67.0 Å². The predicted octanol–water partition coefficient (Wildman–Crippen LogP) is 16.1. The average Bonchev–Trinajstić information content (AvgIpc) is 1.65. The van der Waals surface area contributed by atoms with Gasteiger partial charge in [-0.15, -0.1) is 0 Å². The van der Waals surface area contributed by atoms with Gasteiger partial charge in [0, 0.05) is 108 Å². The van der Waals surface area contributed by atoms with E-state index in [1.807, 2.05) is 36.4 Å². The molecule has 0 saturated heterocycles. The van der Waals surface area contributed by atoms with Gasteiger partial charge in [0.05, 0.1) is 134 Å². The highest BCUT2D eigenvalue weighted by molar-refractivity contribution is 7.89. The van der Waals surface area contributed by atoms with E-state index in [4.69, 9.17) is 15.2 Å². The molecule has 20 aromatic rings. The van der Waals surface area contributed by atoms with E-state index in [1.54, 1.807) is 245 Å². The Hall–Kier alpha value is -18.9. The van der Waals surface area contributed by atoms with Gasteiger partial charge in [-0.05, 0) is 248 Å². The standard InChI is InChI=1S/C22H18F2N4O3S.C22H17FN4O2.2C21H17FN4O2.C20H15FN4O2/c1-25-32(30,31)17-10-5-14(20(24)11-17)12-26-22(29)18-3-2-4-21-19(18)13-27-28(21)16-8-6-15(23)7-9-16;23-16-8-10-17(11-9-16)27-20-3-1-2-18(19(20)13-26-27)22(29)25-12-14-4-6-15(7-5-14)21(24)28;1-28-20-10-5-14(11-23-20)12-24-21(27)17-3-2-4-19-18(17)13-25-26(19)16-8-6-15(22)7-9-16;1-28-20-11-14(9-10-23-20)12-24-21(27)17-3-2-4-19-18(17)13-25-26(19)16-7-5-15(22)6-8-16;21-14-4-6-15(7-5-14)25-18-3-1-2-16(17(18)12-24-25)20(27)23-11-13-8-9-22-19(26)10-13/h2-11,13,25H,12H2,1H3,(H,26,29);1-11,13H,12H2,(H2,24,28)(H,25,29);2*2-11,13H,12H2,1H3,(H,24,27);1-10,12H,11H2,(H,22,26)(H,23,27). The molecule has 0 radical (unpaired) electrons. The van der Waals surface area contributed by atoms with Gasteiger partial charge in [0.2, 0.25) is 33.2 Å². The zero-order valence-electron chi connectivity index (χ0n) is 76.5. The molecule has 8 heterocycles. The van der Waals surface area contributed by atoms with Crippen LogP contribution in [0.3, 0.4) is 0 Å². The monoisotopic (exact) mass is 1960 g/mol. The van der Waals surface area contributed by atoms with Gasteiger partial charge in [-0.3, -0.25) is 33.6 Å². The fourth-order valence-electron chi connectivity index (χ4n) is 15.2. The third kappa shape index (κ3) is 23.2. The number of rotatable bonds is 25. The van der Waals surface area contributed by atoms with Gasteiger partial charge in [0.1, 0.15) is 34.9 Å². The van der Waals surface area contributed by atoms with Crippen LogP contribution in [0.5, 0.6) is 11.8 Å². The Morgan fingerprint density at radius 3 is 0.986 bits per heavy atom. The number of carbonyl (C=O) groups excluding carboxylic acids is 6. The Morgan fingerprint density at radius 2 is 0.674 bits per heavy atom. The normalized spacial score (nSPS) is 11.0. The van der Waals surface area contributed by atoms with Crippen LogP contribution in [0.25, 0.3) is 83.0 Å². The molecular formula is C106H84F6N20O11S. The van der Waals surface area contributed by atoms with Crippen molar-refractivity contribution in [2.24, 2.45) is 5.73 Å². The maximum atomic E-state index is 14.4. The number of fused-ring (bicyclic) bond motifs is 5. The van der Waals surface area contributed by atoms with E-state index in [0.29, 0.717) is 109 Å². The molecule has 20 rings (SSSR count). The zero-order valence-corrected chi connectivity index (χ0v) is 77.3. The molecule has 0 unspecified atom stereocenters. The zero-order chi connectivity index (χ0) is 101. The number of halogens is 6. The number of primary amides is 1. The molecule has 9 N–H and O–H groups in total. The van der Waals surface area contributed by atoms with Crippen molar-refractivity contribution in [3.8, 4) is 40.2 Å². The summed E-state index contributed by atoms with van der Waals surface area (Å²) in [5, 5.41) is 39.3. The van der Waals surface area contributed by atoms with Gasteiger partial charge >= 0.3 is 0 Å². The molecule has 0 aliphatic carbocycles. The quantitative estimate of drug-likeness (QED) is 0.0246. The lowest BCUT2D eigenvalue weighted by atomic mass is 10.1. The van der Waals surface area contributed by atoms with Crippen LogP contribution in [-0.2, 0) is 42.7 Å². The molecule has 0 aliphatic rings. The second kappa shape index (κ2) is 44.7. The number of hydrogen-bond acceptors (Lipinski definition) is 18. The van der Waals surface area contributed by atoms with Crippen LogP contribution in [0, 0.1) is 34.9 Å². The first-order valence-electron chi connectivity index (χ1n) is 44.1. The fourth-order valence-corrected chi connectivity index (χ4v) is 16.0. The lowest BCUT2D eigenvalue weighted by Gasteiger charge is -2.09. The summed E-state index contributed by atoms with van der Waals surface area (Å²) in [4.78, 5) is 96.5. The highest BCUT2D eigenvalue weighted by atomic mass is 32.2. The number of pyridine rings is 3. The van der Waals surface area contributed by atoms with Gasteiger partial charge in [0.15, 0.2) is 0 Å². The molecule has 0 aliphatic heterocycles. The van der Waals surface area contributed by atoms with Crippen molar-refractivity contribution >= 4 is 100.0 Å². The average molecular weight is 1960 g/mol. The molecule has 144 heavy (non-hydrogen) atoms. The van der Waals surface area contributed by atoms with E-state index < -0.39 is 27.7 Å². The number of ether oxygens (including phenoxy) is 2. The number of sulfonamides is 1. The summed E-state index contributed by atoms with van der Waals surface area (Å²) in [6.45, 7) is 1.11. The second-order valence-electron chi connectivity index (χ2n) is 31.8. The maximum absolute atomic E-state index is 14.4. The van der Waals surface area contributed by atoms with E-state index in [1.165, 1.54) is 98.3 Å². The number of amides is 6. The van der Waals surface area contributed by atoms with Crippen LogP contribution in [0.15, 0.2) is 350 Å². The van der Waals surface area contributed by atoms with Crippen molar-refractivity contribution in [3.05, 3.63) is 447 Å². The topological polar surface area (TPSA) is 401 Å². The van der Waals surface area contributed by atoms with Crippen LogP contribution in [0.2, 0.25) is 0 Å². The molecule has 0 spiro atoms. The van der Waals surface area contributed by atoms with Gasteiger partial charge < -0.3 is 46.8 Å². The summed E-state index contributed by atoms with van der Waals surface area (Å²) >= 11 is 0. The summed E-state index contributed by atoms with van der Waals surface area (Å²) in [6, 6.07) is 77.0. The molecule has 38 heteroatoms. The molecule has 8 aromatic heterocycles. The SMILES string of the molecule is CNS(=O)(=O)c1ccc(CNC(=O)c2cccc3c2cnn3-c2ccc(F)cc2)c(F)c1.COc1cc(CNC(=O)c2cccc3c2cnn3-c2ccc(F)cc2)ccn1.COc1ccc(CNC(=O)c2cccc3c2cnn3-c2ccc(F)cc2)cn1.NC(=O)c1ccc(CNC(=O)c2cccc3c2cnn3-c2ccc(F)cc2)cc1.O=C(NCc1cc[nH]c(=O)c1)c1cccc2c1cnn2-c1ccc(F)cc1. The van der Waals surface area contributed by atoms with E-state index in [2.05, 4.69) is 71.8 Å². The van der Waals surface area contributed by atoms with Gasteiger partial charge in [0.25, 0.3) is 29.5 Å². The molecule has 0 saturated carbocycles. The first-order valence-corrected chi connectivity index (χ1v) is 45.5. The molecule has 12 aromatic carbocycles. The molecule has 6 amide bonds. The molecule has 0 fully saturated rings. The highest BCUT2D eigenvalue weighted by Crippen LogP contribution is 2.30. The summed E-state index contributed by atoms with van der Waals surface area (Å²) in [5.41, 5.74) is 18.4. The van der Waals surface area contributed by atoms with E-state index >= 15 is 0 Å². The van der Waals surface area contributed by atoms with Crippen molar-refractivity contribution in [1.29, 1.82) is 0 Å². The molecule has 722 valence electrons. The lowest BCUT2D eigenvalue weighted by molar-refractivity contribution is 0.0944. The molecular weight excluding hydrogens is 1880 g/mol. The third-order valence-electron chi connectivity index (χ3n) is 22.6. The summed E-state index contributed by atoms with van der Waals surface area (Å²) < 4.78 is 124. The predicted molar refractivity (Wildman–Crippen MR) is 527 cm³/mol. The molecule has 0 atom stereocenters. The highest BCUT2D eigenvalue weighted by Gasteiger charge is 2.23. The van der Waals surface area contributed by atoms with Crippen molar-refractivity contribution in [2.45, 2.75) is 37.6 Å². The molecule has 31 nitrogen and oxygen atoms in total. The van der Waals surface area contributed by atoms with Gasteiger partial charge in [-0.1, -0.05) is 54.6 Å². The van der Waals surface area contributed by atoms with Crippen LogP contribution in [0.4, 0.5) is 26.3 Å². The number of nitrogens with one attached hydrogen (secondary N) is 7. The smallest absolute Gasteiger partial charge is 0.252 e. The van der Waals surface area contributed by atoms with Gasteiger partial charge in [-0.25, -0.2) is 72.9 Å². The lowest BCUT2D eigenvalue weighted by Crippen LogP contribution is -2.24. The van der Waals surface area contributed by atoms with Crippen LogP contribution in [0.1, 0.15) is 90.0 Å². The number of nitrogens with two attached hydrogens (primary N) is 1. The number of H-pyrrole nitrogens is 1. The Morgan fingerprint density at radius 1 is 0.347 bits per heavy atom. The summed E-state index contributed by atoms with van der Waals surface area (Å²) in [5.74, 6) is -3.23. The largest absolute Gasteiger partial charge is 0.481 e. The van der Waals surface area contributed by atoms with Crippen molar-refractivity contribution < 1.29 is 73.0 Å². The number of carbonyl (C=O) groups is 6. The van der Waals surface area contributed by atoms with Crippen LogP contribution in [-0.4, -0.2) is 129 Å². The van der Waals surface area contributed by atoms with Crippen molar-refractivity contribution in [1.82, 2.24) is 95.2 Å². The Labute approximate surface area is 815 Å². The minimum Gasteiger partial charge on any atom is -0.481 e. The number of methoxy groups -OCH3 is 2. The summed E-state index contributed by atoms with van der Waals surface area (Å²) in [7, 11) is 0.568. The Kier molecular flexibility index (Phi) is 30.5. The van der Waals surface area contributed by atoms with Crippen LogP contribution >= 0.6 is 0 Å². The molecule has 0 bridgehead atoms. The number of aromatic nitrogens is 13. The number of hydrogen-bond donors (Lipinski definition) is 8. The van der Waals surface area contributed by atoms with E-state index in [9.17, 15) is 68.3 Å². The summed E-state index contributed by atoms with van der Waals surface area (Å²) in [6.07, 6.45) is 12.9. The van der Waals surface area contributed by atoms with Crippen LogP contribution < -0.4 is 52.1 Å². The number of benzene rings is 12. The number of aromatic amines is 1. The van der Waals surface area contributed by atoms with Crippen molar-refractivity contribution in [2.75, 3.05) is 21.3 Å². The first kappa shape index (κ1) is 98.2. The Balaban J connectivity index is 0.000000129. The Bertz CT molecular complexity index is 8300. The van der Waals surface area contributed by atoms with Gasteiger partial charge in [-0.2, -0.15) is 25.5 Å². The fraction of sp³-hybridized carbons (Fsp3) is 0.0755. The minimum atomic E-state index is -3.77. The minimum absolute atomic E-state index is 0.132. The first-order chi connectivity index (χ1) is 69.7. The van der Waals surface area contributed by atoms with Crippen molar-refractivity contribution in [3.63, 3.8) is 0 Å². The number of nitrogens with zero attached hydrogens (tertiary/aromatic N) is 12. The third-order valence-corrected chi connectivity index (χ3v) is 24.0. The second-order valence-corrected chi connectivity index (χ2v) is 33.7. The van der Waals surface area contributed by atoms with E-state index in [-0.39, 0.29) is 81.8 Å².